The summed E-state index contributed by atoms with van der Waals surface area (Å²) in [5, 5.41) is 9.43. The van der Waals surface area contributed by atoms with Gasteiger partial charge in [0, 0.05) is 19.3 Å². The predicted molar refractivity (Wildman–Crippen MR) is 134 cm³/mol. The molecule has 1 saturated heterocycles. The van der Waals surface area contributed by atoms with Crippen LogP contribution < -0.4 is 15.5 Å². The highest BCUT2D eigenvalue weighted by Crippen LogP contribution is 2.29. The molecule has 0 aliphatic carbocycles. The largest absolute Gasteiger partial charge is 0.573 e. The Morgan fingerprint density at radius 1 is 1.19 bits per heavy atom. The van der Waals surface area contributed by atoms with Crippen LogP contribution in [-0.4, -0.2) is 49.7 Å². The molecule has 192 valence electrons. The number of aromatic nitrogens is 3. The second kappa shape index (κ2) is 10.7. The van der Waals surface area contributed by atoms with Crippen LogP contribution in [0.25, 0.3) is 11.8 Å². The van der Waals surface area contributed by atoms with Crippen LogP contribution in [0.1, 0.15) is 31.2 Å². The van der Waals surface area contributed by atoms with Crippen molar-refractivity contribution in [1.29, 1.82) is 0 Å². The molecule has 36 heavy (non-hydrogen) atoms. The normalized spacial score (nSPS) is 16.5. The van der Waals surface area contributed by atoms with Crippen LogP contribution in [0.4, 0.5) is 18.9 Å². The Bertz CT molecular complexity index is 1220. The maximum atomic E-state index is 12.4. The third kappa shape index (κ3) is 6.05. The topological polar surface area (TPSA) is 76.3 Å². The number of carbonyl (C=O) groups excluding carboxylic acids is 1. The molecule has 1 unspecified atom stereocenters. The molecule has 2 N–H and O–H groups in total. The summed E-state index contributed by atoms with van der Waals surface area (Å²) in [6, 6.07) is 13.5. The second-order valence-corrected chi connectivity index (χ2v) is 9.46. The molecule has 1 aromatic heterocycles. The molecule has 0 spiro atoms. The van der Waals surface area contributed by atoms with Crippen molar-refractivity contribution < 1.29 is 22.7 Å². The van der Waals surface area contributed by atoms with Crippen molar-refractivity contribution in [2.75, 3.05) is 17.6 Å². The molecule has 4 rings (SSSR count). The summed E-state index contributed by atoms with van der Waals surface area (Å²) in [5.41, 5.74) is 5.72. The van der Waals surface area contributed by atoms with E-state index >= 15 is 0 Å². The van der Waals surface area contributed by atoms with Crippen molar-refractivity contribution >= 4 is 29.4 Å². The third-order valence-corrected chi connectivity index (χ3v) is 6.55. The van der Waals surface area contributed by atoms with Crippen molar-refractivity contribution in [3.05, 3.63) is 66.0 Å². The van der Waals surface area contributed by atoms with E-state index in [2.05, 4.69) is 40.5 Å². The lowest BCUT2D eigenvalue weighted by atomic mass is 10.0. The van der Waals surface area contributed by atoms with Gasteiger partial charge in [-0.05, 0) is 47.9 Å². The van der Waals surface area contributed by atoms with Crippen LogP contribution in [-0.2, 0) is 11.8 Å². The van der Waals surface area contributed by atoms with Crippen molar-refractivity contribution in [3.8, 4) is 11.4 Å². The highest BCUT2D eigenvalue weighted by molar-refractivity contribution is 8.01. The van der Waals surface area contributed by atoms with Gasteiger partial charge < -0.3 is 10.1 Å². The maximum Gasteiger partial charge on any atom is 0.573 e. The van der Waals surface area contributed by atoms with Crippen LogP contribution in [0.15, 0.2) is 54.6 Å². The van der Waals surface area contributed by atoms with Gasteiger partial charge in [0.15, 0.2) is 11.3 Å². The number of anilines is 1. The van der Waals surface area contributed by atoms with Crippen molar-refractivity contribution in [3.63, 3.8) is 0 Å². The van der Waals surface area contributed by atoms with Gasteiger partial charge in [-0.1, -0.05) is 38.1 Å². The molecular formula is C24H27F3N6O2S. The smallest absolute Gasteiger partial charge is 0.406 e. The van der Waals surface area contributed by atoms with Crippen molar-refractivity contribution in [2.45, 2.75) is 31.6 Å². The number of hydrogen-bond acceptors (Lipinski definition) is 6. The summed E-state index contributed by atoms with van der Waals surface area (Å²) >= 11 is 1.52. The number of carbonyl (C=O) groups is 1. The summed E-state index contributed by atoms with van der Waals surface area (Å²) < 4.78 is 42.6. The summed E-state index contributed by atoms with van der Waals surface area (Å²) in [7, 11) is 1.78. The Hall–Kier alpha value is -3.38. The minimum absolute atomic E-state index is 0.00449. The van der Waals surface area contributed by atoms with Crippen LogP contribution in [0.2, 0.25) is 0 Å². The molecule has 0 saturated carbocycles. The van der Waals surface area contributed by atoms with Crippen LogP contribution in [0.3, 0.4) is 0 Å². The molecule has 2 aromatic carbocycles. The van der Waals surface area contributed by atoms with E-state index in [1.807, 2.05) is 24.3 Å². The first-order chi connectivity index (χ1) is 17.1. The van der Waals surface area contributed by atoms with Gasteiger partial charge in [0.2, 0.25) is 5.91 Å². The van der Waals surface area contributed by atoms with E-state index in [1.165, 1.54) is 41.6 Å². The number of thioether (sulfide) groups is 1. The molecule has 0 bridgehead atoms. The molecule has 3 aromatic rings. The Labute approximate surface area is 211 Å². The number of halogens is 3. The van der Waals surface area contributed by atoms with E-state index in [0.717, 1.165) is 5.69 Å². The van der Waals surface area contributed by atoms with Gasteiger partial charge in [-0.15, -0.1) is 30.0 Å². The van der Waals surface area contributed by atoms with Gasteiger partial charge >= 0.3 is 6.36 Å². The highest BCUT2D eigenvalue weighted by atomic mass is 32.2. The fraction of sp³-hybridized carbons (Fsp3) is 0.333. The molecule has 1 aliphatic heterocycles. The number of hydrazine groups is 1. The number of benzene rings is 2. The van der Waals surface area contributed by atoms with Crippen LogP contribution >= 0.6 is 11.8 Å². The molecule has 1 amide bonds. The molecular weight excluding hydrogens is 493 g/mol. The quantitative estimate of drug-likeness (QED) is 0.425. The summed E-state index contributed by atoms with van der Waals surface area (Å²) in [6.45, 7) is 4.67. The van der Waals surface area contributed by atoms with Crippen LogP contribution in [0, 0.1) is 0 Å². The van der Waals surface area contributed by atoms with Crippen molar-refractivity contribution in [1.82, 2.24) is 25.0 Å². The lowest BCUT2D eigenvalue weighted by molar-refractivity contribution is -0.274. The zero-order valence-electron chi connectivity index (χ0n) is 20.0. The second-order valence-electron chi connectivity index (χ2n) is 8.39. The fourth-order valence-electron chi connectivity index (χ4n) is 3.72. The summed E-state index contributed by atoms with van der Waals surface area (Å²) in [5.74, 6) is 1.10. The highest BCUT2D eigenvalue weighted by Gasteiger charge is 2.32. The monoisotopic (exact) mass is 520 g/mol. The number of ether oxygens (including phenoxy) is 1. The standard InChI is InChI=1S/C24H27F3N6O2S/c1-16(2)19-7-4-5-8-20(19)29-23-32(22(34)15-36-23)28-14-6-9-21-30-33(31(21)3)17-10-12-18(13-11-17)35-24(25,26)27/h4-13,16,23,28-29H,14-15H2,1-3H3/b9-6+. The minimum atomic E-state index is -4.73. The van der Waals surface area contributed by atoms with Gasteiger partial charge in [-0.3, -0.25) is 4.79 Å². The molecule has 1 fully saturated rings. The number of rotatable bonds is 9. The number of alkyl halides is 3. The summed E-state index contributed by atoms with van der Waals surface area (Å²) in [4.78, 5) is 14.0. The van der Waals surface area contributed by atoms with Gasteiger partial charge in [0.1, 0.15) is 5.75 Å². The first-order valence-electron chi connectivity index (χ1n) is 11.3. The lowest BCUT2D eigenvalue weighted by Gasteiger charge is -2.27. The van der Waals surface area contributed by atoms with E-state index in [9.17, 15) is 18.0 Å². The van der Waals surface area contributed by atoms with Gasteiger partial charge in [0.25, 0.3) is 0 Å². The van der Waals surface area contributed by atoms with E-state index in [-0.39, 0.29) is 17.2 Å². The average molecular weight is 521 g/mol. The molecule has 8 nitrogen and oxygen atoms in total. The Morgan fingerprint density at radius 3 is 2.58 bits per heavy atom. The van der Waals surface area contributed by atoms with E-state index in [0.29, 0.717) is 29.7 Å². The summed E-state index contributed by atoms with van der Waals surface area (Å²) in [6.07, 6.45) is -1.08. The van der Waals surface area contributed by atoms with Gasteiger partial charge in [0.05, 0.1) is 11.4 Å². The Kier molecular flexibility index (Phi) is 7.65. The maximum absolute atomic E-state index is 12.4. The number of amides is 1. The average Bonchev–Trinajstić information content (AvgIpc) is 3.16. The lowest BCUT2D eigenvalue weighted by Crippen LogP contribution is -2.47. The first kappa shape index (κ1) is 25.7. The predicted octanol–water partition coefficient (Wildman–Crippen LogP) is 4.72. The fourth-order valence-corrected chi connectivity index (χ4v) is 4.72. The molecule has 1 atom stereocenters. The Balaban J connectivity index is 1.33. The molecule has 12 heteroatoms. The minimum Gasteiger partial charge on any atom is -0.406 e. The number of hydrogen-bond donors (Lipinski definition) is 2. The van der Waals surface area contributed by atoms with Crippen molar-refractivity contribution in [2.24, 2.45) is 7.05 Å². The van der Waals surface area contributed by atoms with E-state index in [4.69, 9.17) is 0 Å². The third-order valence-electron chi connectivity index (χ3n) is 5.49. The zero-order valence-corrected chi connectivity index (χ0v) is 20.8. The van der Waals surface area contributed by atoms with E-state index in [1.54, 1.807) is 27.6 Å². The number of nitrogens with one attached hydrogen (secondary N) is 2. The van der Waals surface area contributed by atoms with Gasteiger partial charge in [-0.25, -0.2) is 15.1 Å². The molecule has 2 heterocycles. The van der Waals surface area contributed by atoms with E-state index < -0.39 is 6.36 Å². The SMILES string of the molecule is CC(C)c1ccccc1NC1SCC(=O)N1NC/C=C/c1nn(-c2ccc(OC(F)(F)F)cc2)n1C. The number of para-hydroxylation sites is 1. The first-order valence-corrected chi connectivity index (χ1v) is 12.3. The number of nitrogens with zero attached hydrogens (tertiary/aromatic N) is 4. The van der Waals surface area contributed by atoms with Crippen LogP contribution in [0.5, 0.6) is 5.75 Å². The van der Waals surface area contributed by atoms with Gasteiger partial charge in [-0.2, -0.15) is 4.80 Å². The Morgan fingerprint density at radius 2 is 1.92 bits per heavy atom. The zero-order chi connectivity index (χ0) is 25.9. The molecule has 0 radical (unpaired) electrons. The molecule has 1 aliphatic rings.